The Labute approximate surface area is 130 Å². The first-order valence-corrected chi connectivity index (χ1v) is 8.18. The van der Waals surface area contributed by atoms with E-state index in [1.54, 1.807) is 0 Å². The summed E-state index contributed by atoms with van der Waals surface area (Å²) in [6.07, 6.45) is 2.47. The zero-order valence-electron chi connectivity index (χ0n) is 14.0. The van der Waals surface area contributed by atoms with Crippen molar-refractivity contribution in [3.8, 4) is 17.6 Å². The van der Waals surface area contributed by atoms with Crippen molar-refractivity contribution in [2.24, 2.45) is 0 Å². The summed E-state index contributed by atoms with van der Waals surface area (Å²) >= 11 is 0. The summed E-state index contributed by atoms with van der Waals surface area (Å²) in [5, 5.41) is 0. The third-order valence-electron chi connectivity index (χ3n) is 3.73. The molecule has 1 heterocycles. The molecule has 1 fully saturated rings. The Balaban J connectivity index is 0.00000106. The molecule has 116 valence electrons. The van der Waals surface area contributed by atoms with Gasteiger partial charge in [-0.2, -0.15) is 0 Å². The lowest BCUT2D eigenvalue weighted by Crippen LogP contribution is -2.33. The maximum absolute atomic E-state index is 5.49. The van der Waals surface area contributed by atoms with E-state index in [1.807, 2.05) is 27.7 Å². The molecule has 0 atom stereocenters. The zero-order chi connectivity index (χ0) is 15.5. The van der Waals surface area contributed by atoms with Crippen LogP contribution in [0.25, 0.3) is 0 Å². The molecule has 1 aromatic rings. The summed E-state index contributed by atoms with van der Waals surface area (Å²) < 4.78 is 5.49. The molecule has 2 heteroatoms. The van der Waals surface area contributed by atoms with Gasteiger partial charge in [0.1, 0.15) is 5.75 Å². The summed E-state index contributed by atoms with van der Waals surface area (Å²) in [5.74, 6) is 7.79. The average molecular weight is 287 g/mol. The van der Waals surface area contributed by atoms with Crippen LogP contribution in [0, 0.1) is 11.8 Å². The number of hydrogen-bond acceptors (Lipinski definition) is 2. The van der Waals surface area contributed by atoms with Gasteiger partial charge in [0.25, 0.3) is 0 Å². The molecular weight excluding hydrogens is 258 g/mol. The summed E-state index contributed by atoms with van der Waals surface area (Å²) in [7, 11) is 0. The first-order valence-electron chi connectivity index (χ1n) is 8.18. The van der Waals surface area contributed by atoms with Gasteiger partial charge in [-0.1, -0.05) is 31.9 Å². The van der Waals surface area contributed by atoms with Crippen LogP contribution in [0.3, 0.4) is 0 Å². The molecule has 0 saturated carbocycles. The lowest BCUT2D eigenvalue weighted by molar-refractivity contribution is 0.235. The van der Waals surface area contributed by atoms with Gasteiger partial charge < -0.3 is 4.74 Å². The van der Waals surface area contributed by atoms with Crippen molar-refractivity contribution in [2.75, 3.05) is 26.2 Å². The lowest BCUT2D eigenvalue weighted by Gasteiger charge is -2.30. The molecule has 1 aromatic carbocycles. The Hall–Kier alpha value is -1.46. The Morgan fingerprint density at radius 2 is 1.76 bits per heavy atom. The van der Waals surface area contributed by atoms with Gasteiger partial charge in [-0.25, -0.2) is 0 Å². The Kier molecular flexibility index (Phi) is 8.62. The van der Waals surface area contributed by atoms with Gasteiger partial charge in [-0.3, -0.25) is 4.90 Å². The van der Waals surface area contributed by atoms with Crippen molar-refractivity contribution in [3.63, 3.8) is 0 Å². The van der Waals surface area contributed by atoms with E-state index in [1.165, 1.54) is 18.4 Å². The van der Waals surface area contributed by atoms with Gasteiger partial charge in [-0.15, -0.1) is 5.92 Å². The third kappa shape index (κ3) is 5.81. The number of nitrogens with zero attached hydrogens (tertiary/aromatic N) is 1. The van der Waals surface area contributed by atoms with E-state index in [-0.39, 0.29) is 0 Å². The second kappa shape index (κ2) is 10.3. The Morgan fingerprint density at radius 3 is 2.29 bits per heavy atom. The highest BCUT2D eigenvalue weighted by Crippen LogP contribution is 2.29. The summed E-state index contributed by atoms with van der Waals surface area (Å²) in [5.41, 5.74) is 1.45. The summed E-state index contributed by atoms with van der Waals surface area (Å²) in [6.45, 7) is 11.9. The minimum atomic E-state index is 0.696. The smallest absolute Gasteiger partial charge is 0.119 e. The predicted molar refractivity (Wildman–Crippen MR) is 90.8 cm³/mol. The van der Waals surface area contributed by atoms with Crippen molar-refractivity contribution in [1.82, 2.24) is 4.90 Å². The Morgan fingerprint density at radius 1 is 1.14 bits per heavy atom. The monoisotopic (exact) mass is 287 g/mol. The molecule has 0 N–H and O–H groups in total. The van der Waals surface area contributed by atoms with Crippen LogP contribution in [0.4, 0.5) is 0 Å². The van der Waals surface area contributed by atoms with E-state index in [0.717, 1.165) is 32.0 Å². The molecule has 0 unspecified atom stereocenters. The molecule has 2 nitrogen and oxygen atoms in total. The second-order valence-electron chi connectivity index (χ2n) is 4.98. The van der Waals surface area contributed by atoms with Gasteiger partial charge in [0.05, 0.1) is 13.2 Å². The molecule has 1 aliphatic heterocycles. The van der Waals surface area contributed by atoms with Crippen LogP contribution in [0.15, 0.2) is 24.3 Å². The Bertz CT molecular complexity index is 433. The number of likely N-dealkylation sites (tertiary alicyclic amines) is 1. The van der Waals surface area contributed by atoms with Crippen LogP contribution >= 0.6 is 0 Å². The number of hydrogen-bond donors (Lipinski definition) is 0. The summed E-state index contributed by atoms with van der Waals surface area (Å²) in [6, 6.07) is 8.62. The normalized spacial score (nSPS) is 15.4. The molecule has 21 heavy (non-hydrogen) atoms. The van der Waals surface area contributed by atoms with Crippen LogP contribution in [-0.2, 0) is 0 Å². The number of ether oxygens (including phenoxy) is 1. The van der Waals surface area contributed by atoms with E-state index in [2.05, 4.69) is 41.0 Å². The molecule has 0 radical (unpaired) electrons. The molecule has 0 bridgehead atoms. The molecule has 0 spiro atoms. The van der Waals surface area contributed by atoms with Crippen LogP contribution in [0.2, 0.25) is 0 Å². The topological polar surface area (TPSA) is 12.5 Å². The second-order valence-corrected chi connectivity index (χ2v) is 4.98. The van der Waals surface area contributed by atoms with Gasteiger partial charge >= 0.3 is 0 Å². The minimum Gasteiger partial charge on any atom is -0.494 e. The first-order chi connectivity index (χ1) is 10.3. The van der Waals surface area contributed by atoms with Crippen molar-refractivity contribution >= 4 is 0 Å². The van der Waals surface area contributed by atoms with Crippen LogP contribution in [0.1, 0.15) is 52.0 Å². The quantitative estimate of drug-likeness (QED) is 0.765. The maximum Gasteiger partial charge on any atom is 0.119 e. The van der Waals surface area contributed by atoms with E-state index in [9.17, 15) is 0 Å². The highest BCUT2D eigenvalue weighted by Gasteiger charge is 2.19. The molecule has 1 aliphatic rings. The molecular formula is C19H29NO. The molecule has 0 aromatic heterocycles. The van der Waals surface area contributed by atoms with Crippen LogP contribution < -0.4 is 4.74 Å². The van der Waals surface area contributed by atoms with E-state index in [4.69, 9.17) is 4.74 Å². The highest BCUT2D eigenvalue weighted by atomic mass is 16.5. The molecule has 0 aliphatic carbocycles. The average Bonchev–Trinajstić information content (AvgIpc) is 2.56. The first kappa shape index (κ1) is 17.6. The van der Waals surface area contributed by atoms with E-state index < -0.39 is 0 Å². The SMILES string of the molecule is CC.CC#CCN1CCC(c2ccc(OCC)cc2)CC1. The van der Waals surface area contributed by atoms with Crippen molar-refractivity contribution in [1.29, 1.82) is 0 Å². The minimum absolute atomic E-state index is 0.696. The maximum atomic E-state index is 5.49. The molecule has 0 amide bonds. The number of piperidine rings is 1. The summed E-state index contributed by atoms with van der Waals surface area (Å²) in [4.78, 5) is 2.45. The van der Waals surface area contributed by atoms with Crippen LogP contribution in [0.5, 0.6) is 5.75 Å². The van der Waals surface area contributed by atoms with Crippen molar-refractivity contribution < 1.29 is 4.74 Å². The van der Waals surface area contributed by atoms with Crippen molar-refractivity contribution in [2.45, 2.75) is 46.5 Å². The van der Waals surface area contributed by atoms with E-state index in [0.29, 0.717) is 5.92 Å². The fraction of sp³-hybridized carbons (Fsp3) is 0.579. The van der Waals surface area contributed by atoms with E-state index >= 15 is 0 Å². The lowest BCUT2D eigenvalue weighted by atomic mass is 9.89. The number of rotatable bonds is 4. The standard InChI is InChI=1S/C17H23NO.C2H6/c1-3-5-12-18-13-10-16(11-14-18)15-6-8-17(9-7-15)19-4-2;1-2/h6-9,16H,4,10-14H2,1-2H3;1-2H3. The molecule has 2 rings (SSSR count). The van der Waals surface area contributed by atoms with Gasteiger partial charge in [0.2, 0.25) is 0 Å². The fourth-order valence-corrected chi connectivity index (χ4v) is 2.62. The largest absolute Gasteiger partial charge is 0.494 e. The number of benzene rings is 1. The van der Waals surface area contributed by atoms with Gasteiger partial charge in [0.15, 0.2) is 0 Å². The molecule has 1 saturated heterocycles. The predicted octanol–water partition coefficient (Wildman–Crippen LogP) is 4.31. The van der Waals surface area contributed by atoms with Gasteiger partial charge in [-0.05, 0) is 63.4 Å². The van der Waals surface area contributed by atoms with Crippen LogP contribution in [-0.4, -0.2) is 31.1 Å². The zero-order valence-corrected chi connectivity index (χ0v) is 14.0. The third-order valence-corrected chi connectivity index (χ3v) is 3.73. The van der Waals surface area contributed by atoms with Crippen molar-refractivity contribution in [3.05, 3.63) is 29.8 Å². The highest BCUT2D eigenvalue weighted by molar-refractivity contribution is 5.29. The van der Waals surface area contributed by atoms with Gasteiger partial charge in [0, 0.05) is 0 Å². The fourth-order valence-electron chi connectivity index (χ4n) is 2.62.